The molecule has 4 N–H and O–H groups in total. The topological polar surface area (TPSA) is 98.7 Å². The van der Waals surface area contributed by atoms with Gasteiger partial charge in [-0.1, -0.05) is 0 Å². The first-order chi connectivity index (χ1) is 7.11. The SMILES string of the molecule is C#CCCNC(=O)N[C@H](CCO)C(=O)O. The number of carbonyl (C=O) groups excluding carboxylic acids is 1. The van der Waals surface area contributed by atoms with Crippen LogP contribution in [0.1, 0.15) is 12.8 Å². The number of aliphatic hydroxyl groups excluding tert-OH is 1. The van der Waals surface area contributed by atoms with Crippen LogP contribution in [0.2, 0.25) is 0 Å². The molecule has 0 aromatic carbocycles. The molecule has 0 aromatic rings. The van der Waals surface area contributed by atoms with Crippen LogP contribution >= 0.6 is 0 Å². The second-order valence-corrected chi connectivity index (χ2v) is 2.76. The van der Waals surface area contributed by atoms with Crippen molar-refractivity contribution in [2.24, 2.45) is 0 Å². The molecule has 1 atom stereocenters. The molecule has 0 saturated heterocycles. The van der Waals surface area contributed by atoms with Gasteiger partial charge in [0, 0.05) is 26.0 Å². The molecular formula is C9H14N2O4. The Morgan fingerprint density at radius 1 is 1.47 bits per heavy atom. The van der Waals surface area contributed by atoms with Crippen LogP contribution in [-0.2, 0) is 4.79 Å². The van der Waals surface area contributed by atoms with Gasteiger partial charge in [-0.25, -0.2) is 9.59 Å². The van der Waals surface area contributed by atoms with Gasteiger partial charge >= 0.3 is 12.0 Å². The summed E-state index contributed by atoms with van der Waals surface area (Å²) in [7, 11) is 0. The first-order valence-corrected chi connectivity index (χ1v) is 4.43. The lowest BCUT2D eigenvalue weighted by Crippen LogP contribution is -2.46. The summed E-state index contributed by atoms with van der Waals surface area (Å²) in [5.74, 6) is 1.14. The molecule has 0 aliphatic heterocycles. The number of terminal acetylenes is 1. The standard InChI is InChI=1S/C9H14N2O4/c1-2-3-5-10-9(15)11-7(4-6-12)8(13)14/h1,7,12H,3-6H2,(H,13,14)(H2,10,11,15)/t7-/m1/s1. The molecule has 0 radical (unpaired) electrons. The average molecular weight is 214 g/mol. The number of aliphatic hydroxyl groups is 1. The fraction of sp³-hybridized carbons (Fsp3) is 0.556. The molecule has 84 valence electrons. The number of carboxylic acids is 1. The van der Waals surface area contributed by atoms with Gasteiger partial charge in [-0.15, -0.1) is 12.3 Å². The Kier molecular flexibility index (Phi) is 6.76. The first-order valence-electron chi connectivity index (χ1n) is 4.43. The zero-order valence-electron chi connectivity index (χ0n) is 8.19. The Hall–Kier alpha value is -1.74. The molecule has 6 nitrogen and oxygen atoms in total. The van der Waals surface area contributed by atoms with Crippen LogP contribution < -0.4 is 10.6 Å². The van der Waals surface area contributed by atoms with Gasteiger partial charge in [0.05, 0.1) is 0 Å². The number of carboxylic acid groups (broad SMARTS) is 1. The summed E-state index contributed by atoms with van der Waals surface area (Å²) in [5.41, 5.74) is 0. The third-order valence-corrected chi connectivity index (χ3v) is 1.58. The van der Waals surface area contributed by atoms with E-state index in [2.05, 4.69) is 16.6 Å². The van der Waals surface area contributed by atoms with E-state index in [1.165, 1.54) is 0 Å². The molecule has 0 rings (SSSR count). The number of amides is 2. The van der Waals surface area contributed by atoms with E-state index in [0.717, 1.165) is 0 Å². The number of urea groups is 1. The molecule has 15 heavy (non-hydrogen) atoms. The Balaban J connectivity index is 3.90. The Bertz CT molecular complexity index is 259. The highest BCUT2D eigenvalue weighted by molar-refractivity contribution is 5.82. The molecule has 0 aliphatic carbocycles. The predicted molar refractivity (Wildman–Crippen MR) is 53.1 cm³/mol. The second-order valence-electron chi connectivity index (χ2n) is 2.76. The van der Waals surface area contributed by atoms with Crippen molar-refractivity contribution >= 4 is 12.0 Å². The Morgan fingerprint density at radius 3 is 2.60 bits per heavy atom. The normalized spacial score (nSPS) is 11.2. The summed E-state index contributed by atoms with van der Waals surface area (Å²) in [6, 6.07) is -1.69. The number of hydrogen-bond donors (Lipinski definition) is 4. The molecule has 0 unspecified atom stereocenters. The number of rotatable bonds is 6. The van der Waals surface area contributed by atoms with E-state index in [0.29, 0.717) is 6.42 Å². The lowest BCUT2D eigenvalue weighted by Gasteiger charge is -2.13. The monoisotopic (exact) mass is 214 g/mol. The fourth-order valence-corrected chi connectivity index (χ4v) is 0.844. The summed E-state index contributed by atoms with van der Waals surface area (Å²) in [4.78, 5) is 21.6. The van der Waals surface area contributed by atoms with Gasteiger partial charge in [0.25, 0.3) is 0 Å². The lowest BCUT2D eigenvalue weighted by atomic mass is 10.2. The lowest BCUT2D eigenvalue weighted by molar-refractivity contribution is -0.139. The van der Waals surface area contributed by atoms with E-state index >= 15 is 0 Å². The Morgan fingerprint density at radius 2 is 2.13 bits per heavy atom. The van der Waals surface area contributed by atoms with Crippen molar-refractivity contribution in [3.05, 3.63) is 0 Å². The van der Waals surface area contributed by atoms with Crippen molar-refractivity contribution < 1.29 is 19.8 Å². The van der Waals surface area contributed by atoms with E-state index in [1.807, 2.05) is 0 Å². The van der Waals surface area contributed by atoms with Crippen molar-refractivity contribution in [3.8, 4) is 12.3 Å². The second kappa shape index (κ2) is 7.64. The number of aliphatic carboxylic acids is 1. The zero-order chi connectivity index (χ0) is 11.7. The number of carbonyl (C=O) groups is 2. The summed E-state index contributed by atoms with van der Waals surface area (Å²) < 4.78 is 0. The van der Waals surface area contributed by atoms with Crippen LogP contribution in [-0.4, -0.2) is 41.4 Å². The largest absolute Gasteiger partial charge is 0.480 e. The van der Waals surface area contributed by atoms with Crippen molar-refractivity contribution in [1.82, 2.24) is 10.6 Å². The minimum Gasteiger partial charge on any atom is -0.480 e. The summed E-state index contributed by atoms with van der Waals surface area (Å²) in [5, 5.41) is 21.8. The summed E-state index contributed by atoms with van der Waals surface area (Å²) in [6.45, 7) is -0.0185. The van der Waals surface area contributed by atoms with Crippen molar-refractivity contribution in [2.75, 3.05) is 13.2 Å². The van der Waals surface area contributed by atoms with Gasteiger partial charge in [-0.2, -0.15) is 0 Å². The van der Waals surface area contributed by atoms with Crippen molar-refractivity contribution in [3.63, 3.8) is 0 Å². The van der Waals surface area contributed by atoms with Crippen LogP contribution in [0.4, 0.5) is 4.79 Å². The highest BCUT2D eigenvalue weighted by Crippen LogP contribution is 1.90. The van der Waals surface area contributed by atoms with E-state index in [1.54, 1.807) is 0 Å². The van der Waals surface area contributed by atoms with Crippen LogP contribution in [0.15, 0.2) is 0 Å². The van der Waals surface area contributed by atoms with E-state index in [9.17, 15) is 9.59 Å². The number of hydrogen-bond acceptors (Lipinski definition) is 3. The van der Waals surface area contributed by atoms with E-state index in [-0.39, 0.29) is 19.6 Å². The third kappa shape index (κ3) is 6.35. The maximum atomic E-state index is 11.1. The molecule has 0 aliphatic rings. The maximum Gasteiger partial charge on any atom is 0.326 e. The fourth-order valence-electron chi connectivity index (χ4n) is 0.844. The maximum absolute atomic E-state index is 11.1. The molecule has 0 saturated carbocycles. The average Bonchev–Trinajstić information content (AvgIpc) is 2.17. The molecule has 0 fully saturated rings. The first kappa shape index (κ1) is 13.3. The van der Waals surface area contributed by atoms with Gasteiger partial charge in [0.1, 0.15) is 6.04 Å². The predicted octanol–water partition coefficient (Wildman–Crippen LogP) is -0.855. The summed E-state index contributed by atoms with van der Waals surface area (Å²) in [6.07, 6.45) is 5.31. The molecule has 6 heteroatoms. The van der Waals surface area contributed by atoms with Gasteiger partial charge in [0.15, 0.2) is 0 Å². The number of nitrogens with one attached hydrogen (secondary N) is 2. The zero-order valence-corrected chi connectivity index (χ0v) is 8.19. The molecule has 0 heterocycles. The highest BCUT2D eigenvalue weighted by Gasteiger charge is 2.18. The molecule has 0 aromatic heterocycles. The minimum absolute atomic E-state index is 0.0299. The van der Waals surface area contributed by atoms with Gasteiger partial charge in [-0.05, 0) is 0 Å². The van der Waals surface area contributed by atoms with E-state index < -0.39 is 18.0 Å². The van der Waals surface area contributed by atoms with Gasteiger partial charge < -0.3 is 20.8 Å². The van der Waals surface area contributed by atoms with Crippen molar-refractivity contribution in [1.29, 1.82) is 0 Å². The molecular weight excluding hydrogens is 200 g/mol. The van der Waals surface area contributed by atoms with E-state index in [4.69, 9.17) is 16.6 Å². The third-order valence-electron chi connectivity index (χ3n) is 1.58. The van der Waals surface area contributed by atoms with Gasteiger partial charge in [-0.3, -0.25) is 0 Å². The molecule has 2 amide bonds. The van der Waals surface area contributed by atoms with Crippen LogP contribution in [0.25, 0.3) is 0 Å². The van der Waals surface area contributed by atoms with Gasteiger partial charge in [0.2, 0.25) is 0 Å². The molecule has 0 spiro atoms. The minimum atomic E-state index is -1.18. The van der Waals surface area contributed by atoms with Crippen LogP contribution in [0.3, 0.4) is 0 Å². The van der Waals surface area contributed by atoms with Crippen LogP contribution in [0, 0.1) is 12.3 Å². The quantitative estimate of drug-likeness (QED) is 0.341. The summed E-state index contributed by atoms with van der Waals surface area (Å²) >= 11 is 0. The van der Waals surface area contributed by atoms with Crippen LogP contribution in [0.5, 0.6) is 0 Å². The van der Waals surface area contributed by atoms with Crippen molar-refractivity contribution in [2.45, 2.75) is 18.9 Å². The highest BCUT2D eigenvalue weighted by atomic mass is 16.4. The Labute approximate surface area is 87.7 Å². The molecule has 0 bridgehead atoms. The smallest absolute Gasteiger partial charge is 0.326 e.